The molecule has 2 amide bonds. The Bertz CT molecular complexity index is 807. The van der Waals surface area contributed by atoms with Crippen LogP contribution < -0.4 is 9.47 Å². The zero-order valence-electron chi connectivity index (χ0n) is 17.4. The molecule has 0 aromatic heterocycles. The summed E-state index contributed by atoms with van der Waals surface area (Å²) in [5.74, 6) is -0.00150. The summed E-state index contributed by atoms with van der Waals surface area (Å²) >= 11 is 0. The highest BCUT2D eigenvalue weighted by Gasteiger charge is 2.37. The van der Waals surface area contributed by atoms with Gasteiger partial charge < -0.3 is 24.0 Å². The summed E-state index contributed by atoms with van der Waals surface area (Å²) in [5.41, 5.74) is 2.10. The number of ether oxygens (including phenoxy) is 3. The van der Waals surface area contributed by atoms with E-state index in [9.17, 15) is 14.4 Å². The second-order valence-electron chi connectivity index (χ2n) is 7.69. The lowest BCUT2D eigenvalue weighted by molar-refractivity contribution is -0.155. The second-order valence-corrected chi connectivity index (χ2v) is 7.69. The fourth-order valence-corrected chi connectivity index (χ4v) is 3.83. The Labute approximate surface area is 170 Å². The van der Waals surface area contributed by atoms with E-state index in [4.69, 9.17) is 14.2 Å². The van der Waals surface area contributed by atoms with E-state index >= 15 is 0 Å². The first-order valence-corrected chi connectivity index (χ1v) is 9.81. The zero-order valence-corrected chi connectivity index (χ0v) is 17.4. The average molecular weight is 404 g/mol. The molecule has 1 saturated heterocycles. The Morgan fingerprint density at radius 1 is 1.14 bits per heavy atom. The normalized spacial score (nSPS) is 18.7. The van der Waals surface area contributed by atoms with Gasteiger partial charge in [0.25, 0.3) is 5.91 Å². The van der Waals surface area contributed by atoms with Crippen molar-refractivity contribution in [2.45, 2.75) is 39.3 Å². The van der Waals surface area contributed by atoms with Gasteiger partial charge in [0.1, 0.15) is 0 Å². The van der Waals surface area contributed by atoms with Gasteiger partial charge in [-0.3, -0.25) is 14.4 Å². The molecule has 3 rings (SSSR count). The maximum Gasteiger partial charge on any atom is 0.311 e. The Balaban J connectivity index is 1.56. The number of carbonyl (C=O) groups is 3. The molecule has 2 heterocycles. The molecule has 8 heteroatoms. The number of carbonyl (C=O) groups excluding carboxylic acids is 3. The molecule has 158 valence electrons. The number of rotatable bonds is 6. The molecule has 2 aliphatic rings. The van der Waals surface area contributed by atoms with Gasteiger partial charge in [0.05, 0.1) is 20.1 Å². The summed E-state index contributed by atoms with van der Waals surface area (Å²) in [5, 5.41) is 0. The minimum atomic E-state index is -0.503. The quantitative estimate of drug-likeness (QED) is 0.666. The van der Waals surface area contributed by atoms with Crippen molar-refractivity contribution in [3.63, 3.8) is 0 Å². The minimum Gasteiger partial charge on any atom is -0.493 e. The van der Waals surface area contributed by atoms with E-state index in [2.05, 4.69) is 0 Å². The van der Waals surface area contributed by atoms with Crippen LogP contribution in [0.3, 0.4) is 0 Å². The summed E-state index contributed by atoms with van der Waals surface area (Å²) in [4.78, 5) is 40.1. The highest BCUT2D eigenvalue weighted by molar-refractivity contribution is 5.88. The van der Waals surface area contributed by atoms with E-state index in [1.807, 2.05) is 26.0 Å². The maximum absolute atomic E-state index is 12.6. The Morgan fingerprint density at radius 3 is 2.38 bits per heavy atom. The topological polar surface area (TPSA) is 85.4 Å². The third-order valence-corrected chi connectivity index (χ3v) is 5.52. The number of fused-ring (bicyclic) bond motifs is 1. The molecule has 1 aromatic carbocycles. The molecule has 0 N–H and O–H groups in total. The smallest absolute Gasteiger partial charge is 0.311 e. The van der Waals surface area contributed by atoms with Crippen molar-refractivity contribution < 1.29 is 28.6 Å². The van der Waals surface area contributed by atoms with Gasteiger partial charge in [-0.2, -0.15) is 0 Å². The van der Waals surface area contributed by atoms with Gasteiger partial charge in [0, 0.05) is 32.1 Å². The Morgan fingerprint density at radius 2 is 1.79 bits per heavy atom. The highest BCUT2D eigenvalue weighted by atomic mass is 16.5. The lowest BCUT2D eigenvalue weighted by Crippen LogP contribution is -2.39. The molecule has 0 unspecified atom stereocenters. The Kier molecular flexibility index (Phi) is 6.30. The van der Waals surface area contributed by atoms with Crippen molar-refractivity contribution in [3.8, 4) is 11.5 Å². The number of hydrogen-bond donors (Lipinski definition) is 0. The summed E-state index contributed by atoms with van der Waals surface area (Å²) < 4.78 is 15.9. The summed E-state index contributed by atoms with van der Waals surface area (Å²) in [6, 6.07) is 3.86. The number of nitrogens with zero attached hydrogens (tertiary/aromatic N) is 2. The molecular weight excluding hydrogens is 376 g/mol. The second kappa shape index (κ2) is 8.71. The van der Waals surface area contributed by atoms with Gasteiger partial charge in [-0.15, -0.1) is 0 Å². The maximum atomic E-state index is 12.6. The van der Waals surface area contributed by atoms with Crippen LogP contribution in [0.2, 0.25) is 0 Å². The van der Waals surface area contributed by atoms with Crippen molar-refractivity contribution >= 4 is 17.8 Å². The van der Waals surface area contributed by atoms with Gasteiger partial charge in [-0.25, -0.2) is 0 Å². The molecule has 1 atom stereocenters. The SMILES string of the molecule is COc1cc2c(cc1OC)CN(C(=O)COC(=O)[C@H]1CC(=O)N(C(C)C)C1)CC2. The minimum absolute atomic E-state index is 0.0472. The van der Waals surface area contributed by atoms with E-state index < -0.39 is 11.9 Å². The van der Waals surface area contributed by atoms with Gasteiger partial charge in [-0.1, -0.05) is 0 Å². The lowest BCUT2D eigenvalue weighted by atomic mass is 9.99. The molecule has 1 aromatic rings. The Hall–Kier alpha value is -2.77. The highest BCUT2D eigenvalue weighted by Crippen LogP contribution is 2.33. The molecular formula is C21H28N2O6. The first-order chi connectivity index (χ1) is 13.8. The van der Waals surface area contributed by atoms with E-state index in [1.165, 1.54) is 0 Å². The molecule has 0 saturated carbocycles. The van der Waals surface area contributed by atoms with Crippen LogP contribution in [-0.2, 0) is 32.1 Å². The van der Waals surface area contributed by atoms with Crippen LogP contribution in [0.4, 0.5) is 0 Å². The van der Waals surface area contributed by atoms with E-state index in [0.717, 1.165) is 11.1 Å². The van der Waals surface area contributed by atoms with Gasteiger partial charge in [-0.05, 0) is 43.5 Å². The van der Waals surface area contributed by atoms with Crippen molar-refractivity contribution in [1.29, 1.82) is 0 Å². The first-order valence-electron chi connectivity index (χ1n) is 9.81. The molecule has 29 heavy (non-hydrogen) atoms. The standard InChI is InChI=1S/C21H28N2O6/c1-13(2)23-11-16(9-19(23)24)21(26)29-12-20(25)22-6-5-14-7-17(27-3)18(28-4)8-15(14)10-22/h7-8,13,16H,5-6,9-12H2,1-4H3/t16-/m0/s1. The molecule has 2 aliphatic heterocycles. The predicted molar refractivity (Wildman–Crippen MR) is 105 cm³/mol. The largest absolute Gasteiger partial charge is 0.493 e. The van der Waals surface area contributed by atoms with Crippen LogP contribution in [0.25, 0.3) is 0 Å². The summed E-state index contributed by atoms with van der Waals surface area (Å²) in [6.07, 6.45) is 0.833. The number of esters is 1. The predicted octanol–water partition coefficient (Wildman–Crippen LogP) is 1.39. The molecule has 8 nitrogen and oxygen atoms in total. The van der Waals surface area contributed by atoms with Crippen LogP contribution in [-0.4, -0.2) is 67.5 Å². The van der Waals surface area contributed by atoms with E-state index in [1.54, 1.807) is 24.0 Å². The van der Waals surface area contributed by atoms with Crippen LogP contribution >= 0.6 is 0 Å². The van der Waals surface area contributed by atoms with Crippen LogP contribution in [0.15, 0.2) is 12.1 Å². The zero-order chi connectivity index (χ0) is 21.1. The van der Waals surface area contributed by atoms with Crippen LogP contribution in [0.5, 0.6) is 11.5 Å². The van der Waals surface area contributed by atoms with Crippen LogP contribution in [0, 0.1) is 5.92 Å². The summed E-state index contributed by atoms with van der Waals surface area (Å²) in [7, 11) is 3.17. The first kappa shape index (κ1) is 21.0. The number of hydrogen-bond acceptors (Lipinski definition) is 6. The fraction of sp³-hybridized carbons (Fsp3) is 0.571. The van der Waals surface area contributed by atoms with Gasteiger partial charge >= 0.3 is 5.97 Å². The third kappa shape index (κ3) is 4.46. The molecule has 0 radical (unpaired) electrons. The summed E-state index contributed by atoms with van der Waals surface area (Å²) in [6.45, 7) is 4.83. The average Bonchev–Trinajstić information content (AvgIpc) is 3.12. The van der Waals surface area contributed by atoms with Crippen molar-refractivity contribution in [3.05, 3.63) is 23.3 Å². The lowest BCUT2D eigenvalue weighted by Gasteiger charge is -2.29. The van der Waals surface area contributed by atoms with Crippen molar-refractivity contribution in [2.24, 2.45) is 5.92 Å². The van der Waals surface area contributed by atoms with Gasteiger partial charge in [0.2, 0.25) is 5.91 Å². The fourth-order valence-electron chi connectivity index (χ4n) is 3.83. The number of likely N-dealkylation sites (tertiary alicyclic amines) is 1. The molecule has 0 spiro atoms. The molecule has 0 bridgehead atoms. The molecule has 1 fully saturated rings. The van der Waals surface area contributed by atoms with E-state index in [0.29, 0.717) is 37.6 Å². The number of methoxy groups -OCH3 is 2. The monoisotopic (exact) mass is 404 g/mol. The van der Waals surface area contributed by atoms with Gasteiger partial charge in [0.15, 0.2) is 18.1 Å². The third-order valence-electron chi connectivity index (χ3n) is 5.52. The van der Waals surface area contributed by atoms with Crippen LogP contribution in [0.1, 0.15) is 31.4 Å². The van der Waals surface area contributed by atoms with Crippen molar-refractivity contribution in [2.75, 3.05) is 33.9 Å². The van der Waals surface area contributed by atoms with E-state index in [-0.39, 0.29) is 30.9 Å². The van der Waals surface area contributed by atoms with Crippen molar-refractivity contribution in [1.82, 2.24) is 9.80 Å². The number of amides is 2. The number of benzene rings is 1. The molecule has 0 aliphatic carbocycles.